The summed E-state index contributed by atoms with van der Waals surface area (Å²) >= 11 is 0. The van der Waals surface area contributed by atoms with Crippen molar-refractivity contribution in [2.24, 2.45) is 11.7 Å². The summed E-state index contributed by atoms with van der Waals surface area (Å²) in [6, 6.07) is 5.99. The summed E-state index contributed by atoms with van der Waals surface area (Å²) in [5.74, 6) is 0.255. The van der Waals surface area contributed by atoms with E-state index in [1.807, 2.05) is 31.2 Å². The van der Waals surface area contributed by atoms with Crippen molar-refractivity contribution in [1.82, 2.24) is 15.5 Å². The fourth-order valence-corrected chi connectivity index (χ4v) is 5.42. The van der Waals surface area contributed by atoms with Crippen molar-refractivity contribution >= 4 is 17.7 Å². The Morgan fingerprint density at radius 1 is 1.14 bits per heavy atom. The normalized spacial score (nSPS) is 24.7. The standard InChI is InChI=1S/C28H45N5O4/c1-6-23(29)26(34)31-25-20(16-18-33(2,3)4)9-10-21-11-14-24(32(21)28(25)36)27(35)30-17-15-19-7-12-22(37-5)13-8-19/h7-8,12-13,20-21,23-25H,6,9-11,14-18,29H2,1-5H3,(H-,30,31,34,35)/p+1/t20-,21+,23+,24+,25+/m1/s1. The van der Waals surface area contributed by atoms with E-state index in [0.29, 0.717) is 25.8 Å². The highest BCUT2D eigenvalue weighted by Gasteiger charge is 2.47. The Balaban J connectivity index is 1.70. The van der Waals surface area contributed by atoms with Gasteiger partial charge in [-0.15, -0.1) is 0 Å². The summed E-state index contributed by atoms with van der Waals surface area (Å²) in [6.45, 7) is 3.24. The van der Waals surface area contributed by atoms with Crippen LogP contribution in [0.2, 0.25) is 0 Å². The van der Waals surface area contributed by atoms with Gasteiger partial charge in [0.1, 0.15) is 17.8 Å². The summed E-state index contributed by atoms with van der Waals surface area (Å²) in [5.41, 5.74) is 7.10. The number of nitrogens with one attached hydrogen (secondary N) is 2. The Kier molecular flexibility index (Phi) is 9.95. The Morgan fingerprint density at radius 2 is 1.81 bits per heavy atom. The van der Waals surface area contributed by atoms with Crippen molar-refractivity contribution in [2.75, 3.05) is 41.3 Å². The number of nitrogens with zero attached hydrogens (tertiary/aromatic N) is 2. The van der Waals surface area contributed by atoms with Crippen LogP contribution in [0.1, 0.15) is 51.0 Å². The first kappa shape index (κ1) is 28.9. The molecule has 1 aromatic carbocycles. The van der Waals surface area contributed by atoms with Crippen molar-refractivity contribution < 1.29 is 23.6 Å². The lowest BCUT2D eigenvalue weighted by molar-refractivity contribution is -0.871. The van der Waals surface area contributed by atoms with Gasteiger partial charge in [-0.3, -0.25) is 14.4 Å². The molecule has 0 unspecified atom stereocenters. The van der Waals surface area contributed by atoms with Gasteiger partial charge in [-0.05, 0) is 62.1 Å². The van der Waals surface area contributed by atoms with Gasteiger partial charge < -0.3 is 30.5 Å². The van der Waals surface area contributed by atoms with Crippen LogP contribution in [0.3, 0.4) is 0 Å². The van der Waals surface area contributed by atoms with E-state index in [-0.39, 0.29) is 29.7 Å². The lowest BCUT2D eigenvalue weighted by Crippen LogP contribution is -2.58. The lowest BCUT2D eigenvalue weighted by atomic mass is 9.89. The van der Waals surface area contributed by atoms with Crippen LogP contribution < -0.4 is 21.1 Å². The molecule has 37 heavy (non-hydrogen) atoms. The molecule has 9 nitrogen and oxygen atoms in total. The average molecular weight is 517 g/mol. The number of amides is 3. The highest BCUT2D eigenvalue weighted by atomic mass is 16.5. The molecule has 5 atom stereocenters. The van der Waals surface area contributed by atoms with E-state index in [4.69, 9.17) is 10.5 Å². The smallest absolute Gasteiger partial charge is 0.246 e. The number of carbonyl (C=O) groups excluding carboxylic acids is 3. The molecule has 3 amide bonds. The van der Waals surface area contributed by atoms with Crippen LogP contribution in [0.25, 0.3) is 0 Å². The van der Waals surface area contributed by atoms with Crippen LogP contribution in [-0.2, 0) is 20.8 Å². The zero-order valence-corrected chi connectivity index (χ0v) is 23.2. The Hall–Kier alpha value is -2.65. The monoisotopic (exact) mass is 516 g/mol. The number of carbonyl (C=O) groups is 3. The molecule has 0 saturated carbocycles. The Morgan fingerprint density at radius 3 is 2.43 bits per heavy atom. The zero-order chi connectivity index (χ0) is 27.2. The highest BCUT2D eigenvalue weighted by molar-refractivity contribution is 5.94. The van der Waals surface area contributed by atoms with Gasteiger partial charge in [0.2, 0.25) is 17.7 Å². The summed E-state index contributed by atoms with van der Waals surface area (Å²) in [5, 5.41) is 6.03. The molecule has 2 heterocycles. The molecule has 2 aliphatic rings. The van der Waals surface area contributed by atoms with E-state index >= 15 is 0 Å². The first-order valence-electron chi connectivity index (χ1n) is 13.6. The molecule has 2 fully saturated rings. The summed E-state index contributed by atoms with van der Waals surface area (Å²) < 4.78 is 5.98. The van der Waals surface area contributed by atoms with Crippen LogP contribution in [0.15, 0.2) is 24.3 Å². The molecule has 0 spiro atoms. The van der Waals surface area contributed by atoms with Crippen LogP contribution >= 0.6 is 0 Å². The lowest BCUT2D eigenvalue weighted by Gasteiger charge is -2.33. The minimum absolute atomic E-state index is 0.0160. The summed E-state index contributed by atoms with van der Waals surface area (Å²) in [4.78, 5) is 41.7. The van der Waals surface area contributed by atoms with E-state index in [0.717, 1.165) is 48.0 Å². The fourth-order valence-electron chi connectivity index (χ4n) is 5.42. The molecule has 2 saturated heterocycles. The Labute approximate surface area is 221 Å². The molecule has 4 N–H and O–H groups in total. The van der Waals surface area contributed by atoms with E-state index < -0.39 is 18.1 Å². The number of methoxy groups -OCH3 is 1. The maximum absolute atomic E-state index is 14.0. The quantitative estimate of drug-likeness (QED) is 0.385. The van der Waals surface area contributed by atoms with Gasteiger partial charge >= 0.3 is 0 Å². The molecule has 2 aliphatic heterocycles. The van der Waals surface area contributed by atoms with Gasteiger partial charge in [0, 0.05) is 19.0 Å². The number of nitrogens with two attached hydrogens (primary N) is 1. The van der Waals surface area contributed by atoms with Crippen molar-refractivity contribution in [1.29, 1.82) is 0 Å². The number of fused-ring (bicyclic) bond motifs is 1. The maximum atomic E-state index is 14.0. The molecule has 0 bridgehead atoms. The van der Waals surface area contributed by atoms with Crippen LogP contribution in [0, 0.1) is 5.92 Å². The van der Waals surface area contributed by atoms with Crippen molar-refractivity contribution in [3.8, 4) is 5.75 Å². The second-order valence-corrected chi connectivity index (χ2v) is 11.5. The topological polar surface area (TPSA) is 114 Å². The molecule has 1 aromatic rings. The zero-order valence-electron chi connectivity index (χ0n) is 23.2. The highest BCUT2D eigenvalue weighted by Crippen LogP contribution is 2.35. The van der Waals surface area contributed by atoms with E-state index in [1.54, 1.807) is 12.0 Å². The van der Waals surface area contributed by atoms with Gasteiger partial charge in [-0.25, -0.2) is 0 Å². The number of quaternary nitrogens is 1. The summed E-state index contributed by atoms with van der Waals surface area (Å²) in [7, 11) is 8.02. The minimum atomic E-state index is -0.658. The average Bonchev–Trinajstić information content (AvgIpc) is 3.25. The molecule has 0 aliphatic carbocycles. The van der Waals surface area contributed by atoms with Crippen molar-refractivity contribution in [2.45, 2.75) is 76.0 Å². The van der Waals surface area contributed by atoms with Gasteiger partial charge in [-0.2, -0.15) is 0 Å². The first-order valence-corrected chi connectivity index (χ1v) is 13.6. The molecule has 9 heteroatoms. The SMILES string of the molecule is CC[C@H](N)C(=O)N[C@@H]1C(=O)N2[C@@H](CC[C@@H]1CC[N+](C)(C)C)CC[C@H]2C(=O)NCCc1ccc(OC)cc1. The van der Waals surface area contributed by atoms with E-state index in [1.165, 1.54) is 0 Å². The second-order valence-electron chi connectivity index (χ2n) is 11.5. The Bertz CT molecular complexity index is 929. The van der Waals surface area contributed by atoms with E-state index in [9.17, 15) is 14.4 Å². The largest absolute Gasteiger partial charge is 0.497 e. The molecular weight excluding hydrogens is 470 g/mol. The van der Waals surface area contributed by atoms with Crippen LogP contribution in [-0.4, -0.2) is 92.6 Å². The number of hydrogen-bond donors (Lipinski definition) is 3. The third-order valence-electron chi connectivity index (χ3n) is 7.78. The maximum Gasteiger partial charge on any atom is 0.246 e. The number of hydrogen-bond acceptors (Lipinski definition) is 5. The first-order chi connectivity index (χ1) is 17.5. The molecular formula is C28H46N5O4+. The van der Waals surface area contributed by atoms with Gasteiger partial charge in [0.15, 0.2) is 0 Å². The molecule has 206 valence electrons. The second kappa shape index (κ2) is 12.7. The van der Waals surface area contributed by atoms with Crippen molar-refractivity contribution in [3.63, 3.8) is 0 Å². The van der Waals surface area contributed by atoms with E-state index in [2.05, 4.69) is 31.8 Å². The third kappa shape index (κ3) is 7.68. The summed E-state index contributed by atoms with van der Waals surface area (Å²) in [6.07, 6.45) is 5.15. The number of rotatable bonds is 11. The van der Waals surface area contributed by atoms with Gasteiger partial charge in [0.05, 0.1) is 40.8 Å². The third-order valence-corrected chi connectivity index (χ3v) is 7.78. The molecule has 0 radical (unpaired) electrons. The number of benzene rings is 1. The van der Waals surface area contributed by atoms with Crippen molar-refractivity contribution in [3.05, 3.63) is 29.8 Å². The molecule has 3 rings (SSSR count). The van der Waals surface area contributed by atoms with Crippen LogP contribution in [0.4, 0.5) is 0 Å². The predicted molar refractivity (Wildman–Crippen MR) is 144 cm³/mol. The van der Waals surface area contributed by atoms with Gasteiger partial charge in [-0.1, -0.05) is 19.1 Å². The fraction of sp³-hybridized carbons (Fsp3) is 0.679. The predicted octanol–water partition coefficient (Wildman–Crippen LogP) is 1.44. The number of ether oxygens (including phenoxy) is 1. The minimum Gasteiger partial charge on any atom is -0.497 e. The van der Waals surface area contributed by atoms with Gasteiger partial charge in [0.25, 0.3) is 0 Å². The molecule has 0 aromatic heterocycles. The van der Waals surface area contributed by atoms with Crippen LogP contribution in [0.5, 0.6) is 5.75 Å².